The Morgan fingerprint density at radius 3 is 2.60 bits per heavy atom. The second kappa shape index (κ2) is 7.12. The van der Waals surface area contributed by atoms with Crippen LogP contribution in [0.3, 0.4) is 0 Å². The molecule has 0 bridgehead atoms. The second-order valence-corrected chi connectivity index (χ2v) is 6.43. The minimum atomic E-state index is -3.72. The SMILES string of the molecule is CCN(C)CCNS(=O)(=O)c1cc(CN)cc(F)c1C. The summed E-state index contributed by atoms with van der Waals surface area (Å²) < 4.78 is 40.6. The first-order valence-electron chi connectivity index (χ1n) is 6.49. The van der Waals surface area contributed by atoms with E-state index in [-0.39, 0.29) is 23.5 Å². The van der Waals surface area contributed by atoms with Gasteiger partial charge in [0, 0.05) is 25.2 Å². The first kappa shape index (κ1) is 17.0. The third-order valence-electron chi connectivity index (χ3n) is 3.21. The summed E-state index contributed by atoms with van der Waals surface area (Å²) in [5, 5.41) is 0. The normalized spacial score (nSPS) is 12.1. The maximum atomic E-state index is 13.7. The highest BCUT2D eigenvalue weighted by Gasteiger charge is 2.19. The van der Waals surface area contributed by atoms with E-state index in [1.807, 2.05) is 18.9 Å². The van der Waals surface area contributed by atoms with Gasteiger partial charge in [-0.15, -0.1) is 0 Å². The van der Waals surface area contributed by atoms with Crippen LogP contribution >= 0.6 is 0 Å². The van der Waals surface area contributed by atoms with Gasteiger partial charge in [0.2, 0.25) is 10.0 Å². The molecule has 0 fully saturated rings. The average Bonchev–Trinajstić information content (AvgIpc) is 2.40. The zero-order valence-electron chi connectivity index (χ0n) is 12.1. The van der Waals surface area contributed by atoms with E-state index in [0.29, 0.717) is 12.1 Å². The molecular weight excluding hydrogens is 281 g/mol. The Morgan fingerprint density at radius 1 is 1.40 bits per heavy atom. The first-order valence-corrected chi connectivity index (χ1v) is 7.97. The summed E-state index contributed by atoms with van der Waals surface area (Å²) in [6, 6.07) is 2.68. The van der Waals surface area contributed by atoms with Crippen molar-refractivity contribution < 1.29 is 12.8 Å². The van der Waals surface area contributed by atoms with Crippen LogP contribution in [-0.2, 0) is 16.6 Å². The Bertz CT molecular complexity index is 561. The molecule has 0 heterocycles. The summed E-state index contributed by atoms with van der Waals surface area (Å²) >= 11 is 0. The number of hydrogen-bond acceptors (Lipinski definition) is 4. The number of nitrogens with two attached hydrogens (primary N) is 1. The van der Waals surface area contributed by atoms with Gasteiger partial charge in [0.25, 0.3) is 0 Å². The van der Waals surface area contributed by atoms with Crippen molar-refractivity contribution in [1.29, 1.82) is 0 Å². The molecule has 5 nitrogen and oxygen atoms in total. The summed E-state index contributed by atoms with van der Waals surface area (Å²) in [4.78, 5) is 1.93. The highest BCUT2D eigenvalue weighted by Crippen LogP contribution is 2.20. The van der Waals surface area contributed by atoms with E-state index in [1.54, 1.807) is 0 Å². The zero-order chi connectivity index (χ0) is 15.3. The Morgan fingerprint density at radius 2 is 2.05 bits per heavy atom. The van der Waals surface area contributed by atoms with E-state index in [9.17, 15) is 12.8 Å². The lowest BCUT2D eigenvalue weighted by Crippen LogP contribution is -2.33. The Kier molecular flexibility index (Phi) is 6.07. The fourth-order valence-electron chi connectivity index (χ4n) is 1.71. The minimum absolute atomic E-state index is 0.0444. The lowest BCUT2D eigenvalue weighted by atomic mass is 10.1. The van der Waals surface area contributed by atoms with Crippen LogP contribution in [0.25, 0.3) is 0 Å². The molecule has 1 aromatic rings. The van der Waals surface area contributed by atoms with Crippen LogP contribution in [0, 0.1) is 12.7 Å². The largest absolute Gasteiger partial charge is 0.326 e. The zero-order valence-corrected chi connectivity index (χ0v) is 12.9. The van der Waals surface area contributed by atoms with Gasteiger partial charge in [-0.1, -0.05) is 6.92 Å². The van der Waals surface area contributed by atoms with Gasteiger partial charge >= 0.3 is 0 Å². The number of nitrogens with one attached hydrogen (secondary N) is 1. The highest BCUT2D eigenvalue weighted by atomic mass is 32.2. The predicted molar refractivity (Wildman–Crippen MR) is 77.4 cm³/mol. The van der Waals surface area contributed by atoms with Crippen LogP contribution in [0.4, 0.5) is 4.39 Å². The molecule has 0 amide bonds. The van der Waals surface area contributed by atoms with E-state index >= 15 is 0 Å². The van der Waals surface area contributed by atoms with Crippen molar-refractivity contribution in [2.45, 2.75) is 25.3 Å². The number of benzene rings is 1. The molecule has 0 saturated heterocycles. The molecule has 0 aliphatic carbocycles. The maximum absolute atomic E-state index is 13.7. The molecule has 0 atom stereocenters. The lowest BCUT2D eigenvalue weighted by molar-refractivity contribution is 0.358. The number of nitrogens with zero attached hydrogens (tertiary/aromatic N) is 1. The van der Waals surface area contributed by atoms with Crippen molar-refractivity contribution in [2.24, 2.45) is 5.73 Å². The molecule has 1 rings (SSSR count). The lowest BCUT2D eigenvalue weighted by Gasteiger charge is -2.15. The maximum Gasteiger partial charge on any atom is 0.240 e. The molecule has 20 heavy (non-hydrogen) atoms. The van der Waals surface area contributed by atoms with E-state index in [1.165, 1.54) is 19.1 Å². The fourth-order valence-corrected chi connectivity index (χ4v) is 3.03. The van der Waals surface area contributed by atoms with Gasteiger partial charge in [-0.25, -0.2) is 17.5 Å². The first-order chi connectivity index (χ1) is 9.31. The summed E-state index contributed by atoms with van der Waals surface area (Å²) in [7, 11) is -1.83. The topological polar surface area (TPSA) is 75.4 Å². The molecule has 0 aliphatic rings. The molecule has 1 aromatic carbocycles. The molecule has 7 heteroatoms. The molecule has 0 aliphatic heterocycles. The van der Waals surface area contributed by atoms with Gasteiger partial charge < -0.3 is 10.6 Å². The van der Waals surface area contributed by atoms with Crippen LogP contribution in [-0.4, -0.2) is 40.0 Å². The quantitative estimate of drug-likeness (QED) is 0.782. The van der Waals surface area contributed by atoms with Crippen molar-refractivity contribution in [2.75, 3.05) is 26.7 Å². The Balaban J connectivity index is 2.95. The van der Waals surface area contributed by atoms with Gasteiger partial charge in [0.05, 0.1) is 4.90 Å². The highest BCUT2D eigenvalue weighted by molar-refractivity contribution is 7.89. The number of hydrogen-bond donors (Lipinski definition) is 2. The van der Waals surface area contributed by atoms with E-state index in [2.05, 4.69) is 4.72 Å². The predicted octanol–water partition coefficient (Wildman–Crippen LogP) is 0.823. The number of halogens is 1. The monoisotopic (exact) mass is 303 g/mol. The summed E-state index contributed by atoms with van der Waals surface area (Å²) in [5.41, 5.74) is 6.02. The van der Waals surface area contributed by atoms with E-state index < -0.39 is 15.8 Å². The van der Waals surface area contributed by atoms with Gasteiger partial charge in [-0.2, -0.15) is 0 Å². The standard InChI is InChI=1S/C13H22FN3O2S/c1-4-17(3)6-5-16-20(18,19)13-8-11(9-15)7-12(14)10(13)2/h7-8,16H,4-6,9,15H2,1-3H3. The number of rotatable bonds is 7. The van der Waals surface area contributed by atoms with Crippen LogP contribution < -0.4 is 10.5 Å². The van der Waals surface area contributed by atoms with Gasteiger partial charge in [0.1, 0.15) is 5.82 Å². The molecular formula is C13H22FN3O2S. The minimum Gasteiger partial charge on any atom is -0.326 e. The molecule has 0 saturated carbocycles. The van der Waals surface area contributed by atoms with Gasteiger partial charge in [-0.05, 0) is 38.2 Å². The van der Waals surface area contributed by atoms with Crippen LogP contribution in [0.15, 0.2) is 17.0 Å². The second-order valence-electron chi connectivity index (χ2n) is 4.70. The molecule has 0 unspecified atom stereocenters. The van der Waals surface area contributed by atoms with E-state index in [0.717, 1.165) is 6.54 Å². The molecule has 114 valence electrons. The third-order valence-corrected chi connectivity index (χ3v) is 4.79. The Labute approximate surface area is 120 Å². The number of sulfonamides is 1. The third kappa shape index (κ3) is 4.24. The summed E-state index contributed by atoms with van der Waals surface area (Å²) in [6.07, 6.45) is 0. The van der Waals surface area contributed by atoms with Crippen molar-refractivity contribution in [1.82, 2.24) is 9.62 Å². The molecule has 3 N–H and O–H groups in total. The molecule has 0 spiro atoms. The van der Waals surface area contributed by atoms with Crippen molar-refractivity contribution in [3.05, 3.63) is 29.1 Å². The van der Waals surface area contributed by atoms with E-state index in [4.69, 9.17) is 5.73 Å². The van der Waals surface area contributed by atoms with Gasteiger partial charge in [-0.3, -0.25) is 0 Å². The smallest absolute Gasteiger partial charge is 0.240 e. The van der Waals surface area contributed by atoms with Crippen molar-refractivity contribution in [3.63, 3.8) is 0 Å². The van der Waals surface area contributed by atoms with Crippen molar-refractivity contribution in [3.8, 4) is 0 Å². The molecule has 0 radical (unpaired) electrons. The van der Waals surface area contributed by atoms with Crippen molar-refractivity contribution >= 4 is 10.0 Å². The van der Waals surface area contributed by atoms with Crippen LogP contribution in [0.2, 0.25) is 0 Å². The van der Waals surface area contributed by atoms with Crippen LogP contribution in [0.1, 0.15) is 18.1 Å². The Hall–Kier alpha value is -1.02. The number of likely N-dealkylation sites (N-methyl/N-ethyl adjacent to an activating group) is 1. The van der Waals surface area contributed by atoms with Crippen LogP contribution in [0.5, 0.6) is 0 Å². The summed E-state index contributed by atoms with van der Waals surface area (Å²) in [6.45, 7) is 5.23. The summed E-state index contributed by atoms with van der Waals surface area (Å²) in [5.74, 6) is -0.556. The molecule has 0 aromatic heterocycles. The fraction of sp³-hybridized carbons (Fsp3) is 0.538. The van der Waals surface area contributed by atoms with Gasteiger partial charge in [0.15, 0.2) is 0 Å². The average molecular weight is 303 g/mol.